The van der Waals surface area contributed by atoms with Gasteiger partial charge in [0.05, 0.1) is 5.75 Å². The minimum absolute atomic E-state index is 0.0311. The van der Waals surface area contributed by atoms with E-state index in [1.165, 1.54) is 0 Å². The number of thioether (sulfide) groups is 1. The molecule has 0 radical (unpaired) electrons. The highest BCUT2D eigenvalue weighted by molar-refractivity contribution is 7.98. The largest absolute Gasteiger partial charge is 0.481 e. The van der Waals surface area contributed by atoms with Crippen LogP contribution in [0.5, 0.6) is 0 Å². The molecule has 112 valence electrons. The summed E-state index contributed by atoms with van der Waals surface area (Å²) in [5, 5.41) is 13.3. The molecule has 21 heavy (non-hydrogen) atoms. The molecule has 0 bridgehead atoms. The standard InChI is InChI=1S/C14H15ClN2O3S/c1-9(6-14(18)19)5-13-16-12(17-20-13)8-21-11-4-2-3-10(15)7-11/h2-4,7,9H,5-6,8H2,1H3,(H,18,19). The average Bonchev–Trinajstić information content (AvgIpc) is 2.83. The van der Waals surface area contributed by atoms with Crippen LogP contribution in [0.15, 0.2) is 33.7 Å². The predicted molar refractivity (Wildman–Crippen MR) is 80.4 cm³/mol. The van der Waals surface area contributed by atoms with Crippen molar-refractivity contribution < 1.29 is 14.4 Å². The molecular formula is C14H15ClN2O3S. The smallest absolute Gasteiger partial charge is 0.303 e. The summed E-state index contributed by atoms with van der Waals surface area (Å²) in [6.07, 6.45) is 0.566. The summed E-state index contributed by atoms with van der Waals surface area (Å²) in [5.74, 6) is 0.801. The van der Waals surface area contributed by atoms with Gasteiger partial charge in [0, 0.05) is 22.8 Å². The molecule has 2 aromatic rings. The average molecular weight is 327 g/mol. The number of aromatic nitrogens is 2. The molecule has 0 aliphatic heterocycles. The van der Waals surface area contributed by atoms with Crippen molar-refractivity contribution in [3.05, 3.63) is 41.0 Å². The second-order valence-electron chi connectivity index (χ2n) is 4.76. The van der Waals surface area contributed by atoms with Gasteiger partial charge in [0.15, 0.2) is 5.82 Å². The van der Waals surface area contributed by atoms with Crippen LogP contribution < -0.4 is 0 Å². The molecule has 1 N–H and O–H groups in total. The first-order chi connectivity index (χ1) is 10.0. The number of hydrogen-bond donors (Lipinski definition) is 1. The van der Waals surface area contributed by atoms with Crippen molar-refractivity contribution in [2.75, 3.05) is 0 Å². The summed E-state index contributed by atoms with van der Waals surface area (Å²) in [7, 11) is 0. The van der Waals surface area contributed by atoms with Crippen molar-refractivity contribution in [3.63, 3.8) is 0 Å². The SMILES string of the molecule is CC(CC(=O)O)Cc1nc(CSc2cccc(Cl)c2)no1. The maximum atomic E-state index is 10.6. The molecule has 0 saturated carbocycles. The first-order valence-electron chi connectivity index (χ1n) is 6.44. The Morgan fingerprint density at radius 1 is 1.52 bits per heavy atom. The molecule has 2 rings (SSSR count). The van der Waals surface area contributed by atoms with E-state index in [9.17, 15) is 4.79 Å². The van der Waals surface area contributed by atoms with E-state index in [0.717, 1.165) is 4.90 Å². The quantitative estimate of drug-likeness (QED) is 0.782. The summed E-state index contributed by atoms with van der Waals surface area (Å²) in [6.45, 7) is 1.85. The molecule has 0 aliphatic carbocycles. The number of carboxylic acids is 1. The van der Waals surface area contributed by atoms with Gasteiger partial charge in [-0.15, -0.1) is 11.8 Å². The molecule has 7 heteroatoms. The van der Waals surface area contributed by atoms with Crippen LogP contribution in [0.1, 0.15) is 25.1 Å². The number of carbonyl (C=O) groups is 1. The van der Waals surface area contributed by atoms with Gasteiger partial charge in [0.2, 0.25) is 5.89 Å². The summed E-state index contributed by atoms with van der Waals surface area (Å²) in [5.41, 5.74) is 0. The first-order valence-corrected chi connectivity index (χ1v) is 7.81. The maximum Gasteiger partial charge on any atom is 0.303 e. The van der Waals surface area contributed by atoms with Gasteiger partial charge < -0.3 is 9.63 Å². The van der Waals surface area contributed by atoms with E-state index in [0.29, 0.717) is 28.9 Å². The molecule has 0 spiro atoms. The molecule has 0 aliphatic rings. The van der Waals surface area contributed by atoms with Gasteiger partial charge in [0.1, 0.15) is 0 Å². The van der Waals surface area contributed by atoms with Crippen LogP contribution in [-0.2, 0) is 17.0 Å². The van der Waals surface area contributed by atoms with Gasteiger partial charge in [-0.2, -0.15) is 4.98 Å². The van der Waals surface area contributed by atoms with Crippen molar-refractivity contribution in [3.8, 4) is 0 Å². The van der Waals surface area contributed by atoms with E-state index in [2.05, 4.69) is 10.1 Å². The fourth-order valence-electron chi connectivity index (χ4n) is 1.80. The first kappa shape index (κ1) is 15.9. The van der Waals surface area contributed by atoms with E-state index in [-0.39, 0.29) is 12.3 Å². The van der Waals surface area contributed by atoms with Crippen molar-refractivity contribution in [1.82, 2.24) is 10.1 Å². The van der Waals surface area contributed by atoms with Gasteiger partial charge in [-0.1, -0.05) is 29.7 Å². The molecule has 1 aromatic carbocycles. The molecule has 5 nitrogen and oxygen atoms in total. The number of carboxylic acid groups (broad SMARTS) is 1. The number of halogens is 1. The van der Waals surface area contributed by atoms with Crippen molar-refractivity contribution in [2.45, 2.75) is 30.4 Å². The third-order valence-corrected chi connectivity index (χ3v) is 3.95. The topological polar surface area (TPSA) is 76.2 Å². The van der Waals surface area contributed by atoms with Crippen LogP contribution in [0, 0.1) is 5.92 Å². The molecule has 0 fully saturated rings. The highest BCUT2D eigenvalue weighted by Crippen LogP contribution is 2.24. The second-order valence-corrected chi connectivity index (χ2v) is 6.24. The zero-order valence-electron chi connectivity index (χ0n) is 11.5. The Labute approximate surface area is 131 Å². The Hall–Kier alpha value is -1.53. The van der Waals surface area contributed by atoms with Crippen molar-refractivity contribution in [2.24, 2.45) is 5.92 Å². The molecular weight excluding hydrogens is 312 g/mol. The Kier molecular flexibility index (Phi) is 5.64. The lowest BCUT2D eigenvalue weighted by Crippen LogP contribution is -2.07. The Bertz CT molecular complexity index is 618. The lowest BCUT2D eigenvalue weighted by Gasteiger charge is -2.03. The number of aliphatic carboxylic acids is 1. The summed E-state index contributed by atoms with van der Waals surface area (Å²) in [4.78, 5) is 15.9. The van der Waals surface area contributed by atoms with Gasteiger partial charge in [0.25, 0.3) is 0 Å². The van der Waals surface area contributed by atoms with Crippen LogP contribution in [0.4, 0.5) is 0 Å². The van der Waals surface area contributed by atoms with Gasteiger partial charge >= 0.3 is 5.97 Å². The number of nitrogens with zero attached hydrogens (tertiary/aromatic N) is 2. The minimum atomic E-state index is -0.821. The van der Waals surface area contributed by atoms with Crippen LogP contribution >= 0.6 is 23.4 Å². The van der Waals surface area contributed by atoms with Crippen LogP contribution in [0.3, 0.4) is 0 Å². The highest BCUT2D eigenvalue weighted by atomic mass is 35.5. The lowest BCUT2D eigenvalue weighted by molar-refractivity contribution is -0.137. The third kappa shape index (κ3) is 5.40. The Balaban J connectivity index is 1.87. The molecule has 1 aromatic heterocycles. The van der Waals surface area contributed by atoms with Gasteiger partial charge in [-0.05, 0) is 24.1 Å². The van der Waals surface area contributed by atoms with Crippen LogP contribution in [0.2, 0.25) is 5.02 Å². The monoisotopic (exact) mass is 326 g/mol. The normalized spacial score (nSPS) is 12.3. The Morgan fingerprint density at radius 3 is 3.05 bits per heavy atom. The molecule has 0 amide bonds. The van der Waals surface area contributed by atoms with E-state index < -0.39 is 5.97 Å². The van der Waals surface area contributed by atoms with E-state index in [1.54, 1.807) is 11.8 Å². The maximum absolute atomic E-state index is 10.6. The number of rotatable bonds is 7. The second kappa shape index (κ2) is 7.47. The predicted octanol–water partition coefficient (Wildman–Crippen LogP) is 3.67. The Morgan fingerprint density at radius 2 is 2.33 bits per heavy atom. The van der Waals surface area contributed by atoms with Crippen molar-refractivity contribution >= 4 is 29.3 Å². The fraction of sp³-hybridized carbons (Fsp3) is 0.357. The number of hydrogen-bond acceptors (Lipinski definition) is 5. The molecule has 0 saturated heterocycles. The van der Waals surface area contributed by atoms with Gasteiger partial charge in [-0.25, -0.2) is 0 Å². The van der Waals surface area contributed by atoms with Crippen molar-refractivity contribution in [1.29, 1.82) is 0 Å². The fourth-order valence-corrected chi connectivity index (χ4v) is 2.86. The van der Waals surface area contributed by atoms with E-state index in [4.69, 9.17) is 21.2 Å². The van der Waals surface area contributed by atoms with Gasteiger partial charge in [-0.3, -0.25) is 4.79 Å². The summed E-state index contributed by atoms with van der Waals surface area (Å²) >= 11 is 7.49. The molecule has 1 heterocycles. The summed E-state index contributed by atoms with van der Waals surface area (Å²) < 4.78 is 5.14. The van der Waals surface area contributed by atoms with E-state index in [1.807, 2.05) is 31.2 Å². The zero-order chi connectivity index (χ0) is 15.2. The molecule has 1 atom stereocenters. The zero-order valence-corrected chi connectivity index (χ0v) is 13.0. The minimum Gasteiger partial charge on any atom is -0.481 e. The lowest BCUT2D eigenvalue weighted by atomic mass is 10.0. The van der Waals surface area contributed by atoms with Crippen LogP contribution in [0.25, 0.3) is 0 Å². The number of benzene rings is 1. The van der Waals surface area contributed by atoms with E-state index >= 15 is 0 Å². The molecule has 1 unspecified atom stereocenters. The third-order valence-electron chi connectivity index (χ3n) is 2.72. The van der Waals surface area contributed by atoms with Crippen LogP contribution in [-0.4, -0.2) is 21.2 Å². The highest BCUT2D eigenvalue weighted by Gasteiger charge is 2.13. The summed E-state index contributed by atoms with van der Waals surface area (Å²) in [6, 6.07) is 7.55.